The molecule has 1 unspecified atom stereocenters. The van der Waals surface area contributed by atoms with Crippen molar-refractivity contribution in [3.8, 4) is 0 Å². The van der Waals surface area contributed by atoms with Gasteiger partial charge in [0.25, 0.3) is 0 Å². The van der Waals surface area contributed by atoms with Crippen molar-refractivity contribution >= 4 is 0 Å². The summed E-state index contributed by atoms with van der Waals surface area (Å²) in [5.41, 5.74) is 6.30. The molecule has 14 heavy (non-hydrogen) atoms. The second-order valence-electron chi connectivity index (χ2n) is 4.72. The molecule has 0 amide bonds. The molecule has 0 aromatic rings. The van der Waals surface area contributed by atoms with Crippen molar-refractivity contribution in [3.05, 3.63) is 24.7 Å². The van der Waals surface area contributed by atoms with E-state index < -0.39 is 0 Å². The second-order valence-corrected chi connectivity index (χ2v) is 4.72. The highest BCUT2D eigenvalue weighted by atomic mass is 15.3. The summed E-state index contributed by atoms with van der Waals surface area (Å²) < 4.78 is 0. The molecule has 2 aliphatic heterocycles. The first-order valence-electron chi connectivity index (χ1n) is 5.45. The lowest BCUT2D eigenvalue weighted by atomic mass is 9.71. The Hall–Kier alpha value is -0.960. The van der Waals surface area contributed by atoms with Crippen LogP contribution in [-0.4, -0.2) is 17.1 Å². The SMILES string of the molecule is NC1CCC2(C=CN3C=CNC32)CC1. The van der Waals surface area contributed by atoms with Crippen LogP contribution in [0.2, 0.25) is 0 Å². The first kappa shape index (κ1) is 8.36. The Bertz CT molecular complexity index is 287. The van der Waals surface area contributed by atoms with Crippen molar-refractivity contribution < 1.29 is 0 Å². The van der Waals surface area contributed by atoms with Gasteiger partial charge in [-0.3, -0.25) is 0 Å². The van der Waals surface area contributed by atoms with Gasteiger partial charge in [-0.2, -0.15) is 0 Å². The van der Waals surface area contributed by atoms with Gasteiger partial charge in [0.15, 0.2) is 0 Å². The zero-order valence-corrected chi connectivity index (χ0v) is 8.32. The molecule has 3 rings (SSSR count). The van der Waals surface area contributed by atoms with Crippen LogP contribution in [0.25, 0.3) is 0 Å². The summed E-state index contributed by atoms with van der Waals surface area (Å²) in [6.45, 7) is 0. The van der Waals surface area contributed by atoms with Crippen LogP contribution in [0.15, 0.2) is 24.7 Å². The van der Waals surface area contributed by atoms with Crippen molar-refractivity contribution in [1.29, 1.82) is 0 Å². The first-order valence-corrected chi connectivity index (χ1v) is 5.45. The predicted octanol–water partition coefficient (Wildman–Crippen LogP) is 1.10. The minimum atomic E-state index is 0.347. The summed E-state index contributed by atoms with van der Waals surface area (Å²) in [5.74, 6) is 0. The van der Waals surface area contributed by atoms with Crippen molar-refractivity contribution in [3.63, 3.8) is 0 Å². The van der Waals surface area contributed by atoms with E-state index in [0.717, 1.165) is 12.8 Å². The van der Waals surface area contributed by atoms with Crippen molar-refractivity contribution in [1.82, 2.24) is 10.2 Å². The van der Waals surface area contributed by atoms with Gasteiger partial charge in [0, 0.05) is 30.1 Å². The molecule has 3 aliphatic rings. The first-order chi connectivity index (χ1) is 6.80. The fourth-order valence-corrected chi connectivity index (χ4v) is 2.93. The maximum absolute atomic E-state index is 5.95. The summed E-state index contributed by atoms with van der Waals surface area (Å²) in [5, 5.41) is 3.44. The average molecular weight is 191 g/mol. The summed E-state index contributed by atoms with van der Waals surface area (Å²) >= 11 is 0. The summed E-state index contributed by atoms with van der Waals surface area (Å²) in [6.07, 6.45) is 14.0. The standard InChI is InChI=1S/C11H17N3/c12-9-1-3-11(4-2-9)5-7-14-8-6-13-10(11)14/h5-10,13H,1-4,12H2. The van der Waals surface area contributed by atoms with E-state index in [-0.39, 0.29) is 0 Å². The van der Waals surface area contributed by atoms with E-state index >= 15 is 0 Å². The maximum Gasteiger partial charge on any atom is 0.111 e. The molecule has 3 nitrogen and oxygen atoms in total. The van der Waals surface area contributed by atoms with E-state index in [1.165, 1.54) is 12.8 Å². The summed E-state index contributed by atoms with van der Waals surface area (Å²) in [7, 11) is 0. The van der Waals surface area contributed by atoms with Crippen LogP contribution in [0.5, 0.6) is 0 Å². The van der Waals surface area contributed by atoms with Crippen LogP contribution in [0, 0.1) is 5.41 Å². The molecule has 0 aromatic carbocycles. The number of nitrogens with two attached hydrogens (primary N) is 1. The topological polar surface area (TPSA) is 41.3 Å². The van der Waals surface area contributed by atoms with E-state index in [1.807, 2.05) is 6.20 Å². The second kappa shape index (κ2) is 2.76. The van der Waals surface area contributed by atoms with Crippen molar-refractivity contribution in [2.75, 3.05) is 0 Å². The Kier molecular flexibility index (Phi) is 1.65. The number of rotatable bonds is 0. The smallest absolute Gasteiger partial charge is 0.111 e. The molecular weight excluding hydrogens is 174 g/mol. The molecule has 1 spiro atoms. The Balaban J connectivity index is 1.82. The van der Waals surface area contributed by atoms with Gasteiger partial charge in [-0.1, -0.05) is 6.08 Å². The van der Waals surface area contributed by atoms with Gasteiger partial charge in [-0.15, -0.1) is 0 Å². The zero-order valence-electron chi connectivity index (χ0n) is 8.32. The number of hydrogen-bond acceptors (Lipinski definition) is 3. The number of hydrogen-bond donors (Lipinski definition) is 2. The lowest BCUT2D eigenvalue weighted by Gasteiger charge is -2.40. The average Bonchev–Trinajstić information content (AvgIpc) is 2.75. The Morgan fingerprint density at radius 2 is 2.07 bits per heavy atom. The third-order valence-corrected chi connectivity index (χ3v) is 3.88. The quantitative estimate of drug-likeness (QED) is 0.602. The molecule has 2 heterocycles. The minimum Gasteiger partial charge on any atom is -0.369 e. The molecule has 0 radical (unpaired) electrons. The number of nitrogens with zero attached hydrogens (tertiary/aromatic N) is 1. The zero-order chi connectivity index (χ0) is 9.60. The van der Waals surface area contributed by atoms with E-state index in [0.29, 0.717) is 17.6 Å². The highest BCUT2D eigenvalue weighted by Gasteiger charge is 2.45. The molecule has 76 valence electrons. The van der Waals surface area contributed by atoms with Gasteiger partial charge >= 0.3 is 0 Å². The highest BCUT2D eigenvalue weighted by Crippen LogP contribution is 2.45. The maximum atomic E-state index is 5.95. The van der Waals surface area contributed by atoms with Gasteiger partial charge in [0.1, 0.15) is 6.17 Å². The fraction of sp³-hybridized carbons (Fsp3) is 0.636. The summed E-state index contributed by atoms with van der Waals surface area (Å²) in [4.78, 5) is 2.27. The lowest BCUT2D eigenvalue weighted by molar-refractivity contribution is 0.142. The Morgan fingerprint density at radius 3 is 2.86 bits per heavy atom. The number of nitrogens with one attached hydrogen (secondary N) is 1. The molecule has 0 aromatic heterocycles. The molecule has 3 N–H and O–H groups in total. The van der Waals surface area contributed by atoms with E-state index in [2.05, 4.69) is 28.7 Å². The molecule has 3 heteroatoms. The molecule has 1 saturated carbocycles. The van der Waals surface area contributed by atoms with Crippen LogP contribution < -0.4 is 11.1 Å². The molecule has 1 atom stereocenters. The van der Waals surface area contributed by atoms with E-state index in [1.54, 1.807) is 0 Å². The van der Waals surface area contributed by atoms with Crippen LogP contribution in [-0.2, 0) is 0 Å². The Morgan fingerprint density at radius 1 is 1.29 bits per heavy atom. The molecular formula is C11H17N3. The third-order valence-electron chi connectivity index (χ3n) is 3.88. The number of fused-ring (bicyclic) bond motifs is 2. The van der Waals surface area contributed by atoms with Crippen LogP contribution in [0.4, 0.5) is 0 Å². The molecule has 1 aliphatic carbocycles. The van der Waals surface area contributed by atoms with Gasteiger partial charge in [-0.25, -0.2) is 0 Å². The van der Waals surface area contributed by atoms with Crippen LogP contribution in [0.1, 0.15) is 25.7 Å². The van der Waals surface area contributed by atoms with Crippen LogP contribution in [0.3, 0.4) is 0 Å². The normalized spacial score (nSPS) is 44.5. The van der Waals surface area contributed by atoms with Crippen molar-refractivity contribution in [2.24, 2.45) is 11.1 Å². The van der Waals surface area contributed by atoms with E-state index in [4.69, 9.17) is 5.73 Å². The molecule has 0 bridgehead atoms. The molecule has 1 fully saturated rings. The Labute approximate surface area is 84.6 Å². The van der Waals surface area contributed by atoms with Crippen LogP contribution >= 0.6 is 0 Å². The lowest BCUT2D eigenvalue weighted by Crippen LogP contribution is -2.46. The monoisotopic (exact) mass is 191 g/mol. The van der Waals surface area contributed by atoms with Crippen molar-refractivity contribution in [2.45, 2.75) is 37.9 Å². The summed E-state index contributed by atoms with van der Waals surface area (Å²) in [6, 6.07) is 0.428. The van der Waals surface area contributed by atoms with Gasteiger partial charge < -0.3 is 16.0 Å². The largest absolute Gasteiger partial charge is 0.369 e. The predicted molar refractivity (Wildman–Crippen MR) is 55.9 cm³/mol. The van der Waals surface area contributed by atoms with E-state index in [9.17, 15) is 0 Å². The van der Waals surface area contributed by atoms with Gasteiger partial charge in [-0.05, 0) is 25.7 Å². The van der Waals surface area contributed by atoms with Gasteiger partial charge in [0.2, 0.25) is 0 Å². The third kappa shape index (κ3) is 1.02. The molecule has 0 saturated heterocycles. The van der Waals surface area contributed by atoms with Gasteiger partial charge in [0.05, 0.1) is 0 Å². The fourth-order valence-electron chi connectivity index (χ4n) is 2.93. The minimum absolute atomic E-state index is 0.347. The highest BCUT2D eigenvalue weighted by molar-refractivity contribution is 5.20.